The maximum absolute atomic E-state index is 5.92. The molecule has 4 heteroatoms. The molecule has 1 aliphatic heterocycles. The Morgan fingerprint density at radius 3 is 2.95 bits per heavy atom. The minimum absolute atomic E-state index is 0.321. The number of ether oxygens (including phenoxy) is 2. The molecule has 0 amide bonds. The van der Waals surface area contributed by atoms with Crippen LogP contribution in [-0.4, -0.2) is 51.4 Å². The molecule has 2 unspecified atom stereocenters. The minimum Gasteiger partial charge on any atom is -0.492 e. The molecule has 2 atom stereocenters. The van der Waals surface area contributed by atoms with Gasteiger partial charge in [0.25, 0.3) is 0 Å². The van der Waals surface area contributed by atoms with Crippen LogP contribution in [0.4, 0.5) is 0 Å². The van der Waals surface area contributed by atoms with E-state index in [2.05, 4.69) is 42.4 Å². The summed E-state index contributed by atoms with van der Waals surface area (Å²) in [5.41, 5.74) is 1.27. The second kappa shape index (κ2) is 7.62. The van der Waals surface area contributed by atoms with Crippen LogP contribution in [-0.2, 0) is 4.74 Å². The van der Waals surface area contributed by atoms with Crippen LogP contribution >= 0.6 is 0 Å². The van der Waals surface area contributed by atoms with Gasteiger partial charge in [0.15, 0.2) is 0 Å². The van der Waals surface area contributed by atoms with Gasteiger partial charge in [-0.1, -0.05) is 25.1 Å². The number of para-hydroxylation sites is 1. The second-order valence-corrected chi connectivity index (χ2v) is 5.32. The highest BCUT2D eigenvalue weighted by Gasteiger charge is 2.32. The highest BCUT2D eigenvalue weighted by Crippen LogP contribution is 2.33. The van der Waals surface area contributed by atoms with Gasteiger partial charge in [0, 0.05) is 19.2 Å². The summed E-state index contributed by atoms with van der Waals surface area (Å²) in [5.74, 6) is 1.01. The fourth-order valence-corrected chi connectivity index (χ4v) is 2.68. The van der Waals surface area contributed by atoms with Crippen LogP contribution in [0.15, 0.2) is 24.3 Å². The van der Waals surface area contributed by atoms with E-state index < -0.39 is 0 Å². The van der Waals surface area contributed by atoms with Crippen molar-refractivity contribution in [3.05, 3.63) is 29.8 Å². The van der Waals surface area contributed by atoms with E-state index in [0.29, 0.717) is 12.1 Å². The molecule has 0 spiro atoms. The average Bonchev–Trinajstić information content (AvgIpc) is 2.50. The van der Waals surface area contributed by atoms with Crippen molar-refractivity contribution in [1.82, 2.24) is 10.2 Å². The van der Waals surface area contributed by atoms with Crippen LogP contribution in [0.1, 0.15) is 24.9 Å². The average molecular weight is 278 g/mol. The van der Waals surface area contributed by atoms with Crippen molar-refractivity contribution < 1.29 is 9.47 Å². The molecule has 1 aromatic rings. The SMILES string of the molecule is CCCNC1c2ccccc2OCC1N(C)CCOC. The number of rotatable bonds is 7. The Bertz CT molecular complexity index is 411. The fraction of sp³-hybridized carbons (Fsp3) is 0.625. The molecule has 1 aromatic carbocycles. The molecule has 0 aliphatic carbocycles. The molecule has 1 N–H and O–H groups in total. The zero-order valence-corrected chi connectivity index (χ0v) is 12.8. The first-order chi connectivity index (χ1) is 9.77. The molecule has 1 aliphatic rings. The van der Waals surface area contributed by atoms with E-state index in [4.69, 9.17) is 9.47 Å². The molecule has 0 radical (unpaired) electrons. The quantitative estimate of drug-likeness (QED) is 0.828. The standard InChI is InChI=1S/C16H26N2O2/c1-4-9-17-16-13-7-5-6-8-15(13)20-12-14(16)18(2)10-11-19-3/h5-8,14,16-17H,4,9-12H2,1-3H3. The number of hydrogen-bond acceptors (Lipinski definition) is 4. The smallest absolute Gasteiger partial charge is 0.124 e. The van der Waals surface area contributed by atoms with Crippen LogP contribution in [0.3, 0.4) is 0 Å². The molecular formula is C16H26N2O2. The van der Waals surface area contributed by atoms with E-state index in [1.807, 2.05) is 6.07 Å². The molecule has 0 fully saturated rings. The monoisotopic (exact) mass is 278 g/mol. The topological polar surface area (TPSA) is 33.7 Å². The molecular weight excluding hydrogens is 252 g/mol. The van der Waals surface area contributed by atoms with E-state index in [1.54, 1.807) is 7.11 Å². The van der Waals surface area contributed by atoms with Crippen molar-refractivity contribution >= 4 is 0 Å². The van der Waals surface area contributed by atoms with Crippen molar-refractivity contribution in [2.75, 3.05) is 40.5 Å². The van der Waals surface area contributed by atoms with Crippen LogP contribution in [0.5, 0.6) is 5.75 Å². The summed E-state index contributed by atoms with van der Waals surface area (Å²) in [7, 11) is 3.88. The van der Waals surface area contributed by atoms with Gasteiger partial charge in [-0.25, -0.2) is 0 Å². The van der Waals surface area contributed by atoms with Gasteiger partial charge in [-0.3, -0.25) is 4.90 Å². The van der Waals surface area contributed by atoms with Crippen molar-refractivity contribution in [2.24, 2.45) is 0 Å². The number of methoxy groups -OCH3 is 1. The Morgan fingerprint density at radius 2 is 2.20 bits per heavy atom. The molecule has 20 heavy (non-hydrogen) atoms. The summed E-state index contributed by atoms with van der Waals surface area (Å²) < 4.78 is 11.1. The molecule has 0 saturated carbocycles. The Morgan fingerprint density at radius 1 is 1.40 bits per heavy atom. The summed E-state index contributed by atoms with van der Waals surface area (Å²) in [6, 6.07) is 9.00. The Labute approximate surface area is 122 Å². The Kier molecular flexibility index (Phi) is 5.83. The van der Waals surface area contributed by atoms with E-state index in [1.165, 1.54) is 5.56 Å². The van der Waals surface area contributed by atoms with Crippen LogP contribution in [0.25, 0.3) is 0 Å². The summed E-state index contributed by atoms with van der Waals surface area (Å²) >= 11 is 0. The maximum atomic E-state index is 5.92. The zero-order valence-electron chi connectivity index (χ0n) is 12.8. The lowest BCUT2D eigenvalue weighted by Crippen LogP contribution is -2.49. The fourth-order valence-electron chi connectivity index (χ4n) is 2.68. The van der Waals surface area contributed by atoms with E-state index in [9.17, 15) is 0 Å². The van der Waals surface area contributed by atoms with Gasteiger partial charge in [-0.2, -0.15) is 0 Å². The first-order valence-corrected chi connectivity index (χ1v) is 7.42. The van der Waals surface area contributed by atoms with Gasteiger partial charge < -0.3 is 14.8 Å². The number of nitrogens with zero attached hydrogens (tertiary/aromatic N) is 1. The van der Waals surface area contributed by atoms with Crippen molar-refractivity contribution in [1.29, 1.82) is 0 Å². The lowest BCUT2D eigenvalue weighted by atomic mass is 9.95. The lowest BCUT2D eigenvalue weighted by Gasteiger charge is -2.39. The molecule has 112 valence electrons. The van der Waals surface area contributed by atoms with E-state index in [-0.39, 0.29) is 0 Å². The number of hydrogen-bond donors (Lipinski definition) is 1. The van der Waals surface area contributed by atoms with Gasteiger partial charge in [0.1, 0.15) is 12.4 Å². The first kappa shape index (κ1) is 15.3. The van der Waals surface area contributed by atoms with Crippen LogP contribution in [0.2, 0.25) is 0 Å². The van der Waals surface area contributed by atoms with Gasteiger partial charge in [-0.15, -0.1) is 0 Å². The number of fused-ring (bicyclic) bond motifs is 1. The van der Waals surface area contributed by atoms with Gasteiger partial charge in [0.05, 0.1) is 18.7 Å². The summed E-state index contributed by atoms with van der Waals surface area (Å²) in [6.07, 6.45) is 1.13. The van der Waals surface area contributed by atoms with Crippen molar-refractivity contribution in [3.63, 3.8) is 0 Å². The third-order valence-electron chi connectivity index (χ3n) is 3.88. The molecule has 0 saturated heterocycles. The molecule has 2 rings (SSSR count). The number of nitrogens with one attached hydrogen (secondary N) is 1. The normalized spacial score (nSPS) is 21.6. The van der Waals surface area contributed by atoms with Gasteiger partial charge >= 0.3 is 0 Å². The lowest BCUT2D eigenvalue weighted by molar-refractivity contribution is 0.0793. The summed E-state index contributed by atoms with van der Waals surface area (Å²) in [6.45, 7) is 5.60. The van der Waals surface area contributed by atoms with Crippen molar-refractivity contribution in [2.45, 2.75) is 25.4 Å². The molecule has 0 bridgehead atoms. The van der Waals surface area contributed by atoms with Crippen LogP contribution < -0.4 is 10.1 Å². The molecule has 1 heterocycles. The van der Waals surface area contributed by atoms with E-state index >= 15 is 0 Å². The predicted molar refractivity (Wildman–Crippen MR) is 81.3 cm³/mol. The number of likely N-dealkylation sites (N-methyl/N-ethyl adjacent to an activating group) is 1. The minimum atomic E-state index is 0.321. The number of benzene rings is 1. The largest absolute Gasteiger partial charge is 0.492 e. The van der Waals surface area contributed by atoms with E-state index in [0.717, 1.165) is 38.5 Å². The first-order valence-electron chi connectivity index (χ1n) is 7.42. The van der Waals surface area contributed by atoms with Gasteiger partial charge in [0.2, 0.25) is 0 Å². The third-order valence-corrected chi connectivity index (χ3v) is 3.88. The summed E-state index contributed by atoms with van der Waals surface area (Å²) in [4.78, 5) is 2.33. The van der Waals surface area contributed by atoms with Crippen molar-refractivity contribution in [3.8, 4) is 5.75 Å². The Balaban J connectivity index is 2.15. The molecule has 4 nitrogen and oxygen atoms in total. The highest BCUT2D eigenvalue weighted by atomic mass is 16.5. The molecule has 0 aromatic heterocycles. The van der Waals surface area contributed by atoms with Gasteiger partial charge in [-0.05, 0) is 26.1 Å². The third kappa shape index (κ3) is 3.51. The highest BCUT2D eigenvalue weighted by molar-refractivity contribution is 5.38. The second-order valence-electron chi connectivity index (χ2n) is 5.32. The predicted octanol–water partition coefficient (Wildman–Crippen LogP) is 2.07. The Hall–Kier alpha value is -1.10. The van der Waals surface area contributed by atoms with Crippen LogP contribution in [0, 0.1) is 0 Å². The summed E-state index contributed by atoms with van der Waals surface area (Å²) in [5, 5.41) is 3.67. The maximum Gasteiger partial charge on any atom is 0.124 e. The zero-order chi connectivity index (χ0) is 14.4.